The maximum atomic E-state index is 12.5. The van der Waals surface area contributed by atoms with E-state index in [-0.39, 0.29) is 23.8 Å². The number of carbonyl (C=O) groups is 1. The highest BCUT2D eigenvalue weighted by atomic mass is 35.5. The molecular weight excluding hydrogens is 335 g/mol. The molecule has 1 aromatic carbocycles. The minimum Gasteiger partial charge on any atom is -0.354 e. The molecule has 2 aliphatic rings. The van der Waals surface area contributed by atoms with Crippen molar-refractivity contribution in [3.05, 3.63) is 33.8 Å². The first-order chi connectivity index (χ1) is 11.1. The molecule has 0 spiro atoms. The highest BCUT2D eigenvalue weighted by molar-refractivity contribution is 6.36. The van der Waals surface area contributed by atoms with Crippen LogP contribution in [0, 0.1) is 5.92 Å². The highest BCUT2D eigenvalue weighted by Gasteiger charge is 2.41. The second-order valence-electron chi connectivity index (χ2n) is 6.31. The van der Waals surface area contributed by atoms with Gasteiger partial charge in [-0.3, -0.25) is 10.2 Å². The predicted octanol–water partition coefficient (Wildman–Crippen LogP) is 1.67. The second kappa shape index (κ2) is 7.36. The van der Waals surface area contributed by atoms with Gasteiger partial charge in [-0.25, -0.2) is 5.43 Å². The van der Waals surface area contributed by atoms with Crippen molar-refractivity contribution in [2.75, 3.05) is 19.6 Å². The molecule has 2 fully saturated rings. The van der Waals surface area contributed by atoms with E-state index >= 15 is 0 Å². The third-order valence-electron chi connectivity index (χ3n) is 4.74. The van der Waals surface area contributed by atoms with Crippen LogP contribution in [0.15, 0.2) is 18.2 Å². The molecular formula is C16H22Cl2N4O. The van der Waals surface area contributed by atoms with Crippen LogP contribution in [0.25, 0.3) is 0 Å². The molecule has 0 radical (unpaired) electrons. The minimum absolute atomic E-state index is 0.0173. The molecule has 1 aromatic rings. The normalized spacial score (nSPS) is 28.2. The number of piperidine rings is 1. The third-order valence-corrected chi connectivity index (χ3v) is 5.40. The van der Waals surface area contributed by atoms with Crippen molar-refractivity contribution in [3.8, 4) is 0 Å². The number of amides is 1. The van der Waals surface area contributed by atoms with Crippen LogP contribution in [0.4, 0.5) is 0 Å². The van der Waals surface area contributed by atoms with Crippen molar-refractivity contribution in [1.82, 2.24) is 21.5 Å². The molecule has 126 valence electrons. The number of halogens is 2. The number of hydrogen-bond donors (Lipinski definition) is 4. The quantitative estimate of drug-likeness (QED) is 0.662. The number of hydrogen-bond acceptors (Lipinski definition) is 4. The van der Waals surface area contributed by atoms with Gasteiger partial charge in [0.2, 0.25) is 5.91 Å². The second-order valence-corrected chi connectivity index (χ2v) is 7.13. The average molecular weight is 357 g/mol. The maximum Gasteiger partial charge on any atom is 0.238 e. The monoisotopic (exact) mass is 356 g/mol. The zero-order valence-corrected chi connectivity index (χ0v) is 14.5. The van der Waals surface area contributed by atoms with Crippen molar-refractivity contribution < 1.29 is 4.79 Å². The Morgan fingerprint density at radius 2 is 2.09 bits per heavy atom. The Balaban J connectivity index is 1.58. The average Bonchev–Trinajstić information content (AvgIpc) is 2.96. The van der Waals surface area contributed by atoms with Crippen molar-refractivity contribution in [1.29, 1.82) is 0 Å². The summed E-state index contributed by atoms with van der Waals surface area (Å²) in [5.41, 5.74) is 7.24. The molecule has 2 aliphatic heterocycles. The largest absolute Gasteiger partial charge is 0.354 e. The molecule has 0 bridgehead atoms. The Kier molecular flexibility index (Phi) is 5.44. The van der Waals surface area contributed by atoms with Crippen LogP contribution >= 0.6 is 23.2 Å². The molecule has 4 N–H and O–H groups in total. The van der Waals surface area contributed by atoms with E-state index in [2.05, 4.69) is 21.5 Å². The topological polar surface area (TPSA) is 65.2 Å². The number of rotatable bonds is 4. The van der Waals surface area contributed by atoms with Crippen LogP contribution in [0.3, 0.4) is 0 Å². The molecule has 7 heteroatoms. The fraction of sp³-hybridized carbons (Fsp3) is 0.562. The van der Waals surface area contributed by atoms with E-state index in [9.17, 15) is 4.79 Å². The fourth-order valence-corrected chi connectivity index (χ4v) is 4.19. The summed E-state index contributed by atoms with van der Waals surface area (Å²) in [5.74, 6) is 0.349. The van der Waals surface area contributed by atoms with Gasteiger partial charge in [-0.2, -0.15) is 0 Å². The van der Waals surface area contributed by atoms with Gasteiger partial charge in [0.15, 0.2) is 0 Å². The van der Waals surface area contributed by atoms with Gasteiger partial charge in [-0.1, -0.05) is 36.2 Å². The molecule has 0 saturated carbocycles. The van der Waals surface area contributed by atoms with E-state index in [1.54, 1.807) is 0 Å². The van der Waals surface area contributed by atoms with E-state index in [4.69, 9.17) is 23.2 Å². The van der Waals surface area contributed by atoms with Gasteiger partial charge in [0.1, 0.15) is 6.04 Å². The van der Waals surface area contributed by atoms with Gasteiger partial charge in [-0.05, 0) is 30.7 Å². The summed E-state index contributed by atoms with van der Waals surface area (Å²) < 4.78 is 0. The number of benzene rings is 1. The maximum absolute atomic E-state index is 12.5. The standard InChI is InChI=1S/C16H22Cl2N4O/c1-9(14-11(17)3-2-4-12(14)18)7-20-16(23)15-10-8-19-6-5-13(10)21-22-15/h2-4,9-10,13,15,19,21-22H,5-8H2,1H3,(H,20,23). The van der Waals surface area contributed by atoms with Gasteiger partial charge in [0.25, 0.3) is 0 Å². The Bertz CT molecular complexity index is 563. The van der Waals surface area contributed by atoms with Crippen molar-refractivity contribution in [3.63, 3.8) is 0 Å². The molecule has 0 aromatic heterocycles. The van der Waals surface area contributed by atoms with Crippen LogP contribution in [-0.2, 0) is 4.79 Å². The lowest BCUT2D eigenvalue weighted by Gasteiger charge is -2.27. The molecule has 3 rings (SSSR count). The van der Waals surface area contributed by atoms with E-state index in [0.29, 0.717) is 22.6 Å². The first-order valence-electron chi connectivity index (χ1n) is 8.01. The molecule has 4 atom stereocenters. The van der Waals surface area contributed by atoms with Crippen molar-refractivity contribution in [2.24, 2.45) is 5.92 Å². The summed E-state index contributed by atoms with van der Waals surface area (Å²) in [6.07, 6.45) is 1.03. The Morgan fingerprint density at radius 3 is 2.83 bits per heavy atom. The zero-order valence-electron chi connectivity index (χ0n) is 13.0. The minimum atomic E-state index is -0.207. The summed E-state index contributed by atoms with van der Waals surface area (Å²) >= 11 is 12.5. The molecule has 1 amide bonds. The van der Waals surface area contributed by atoms with Crippen LogP contribution in [-0.4, -0.2) is 37.6 Å². The predicted molar refractivity (Wildman–Crippen MR) is 92.7 cm³/mol. The SMILES string of the molecule is CC(CNC(=O)C1NNC2CCNCC21)c1c(Cl)cccc1Cl. The van der Waals surface area contributed by atoms with Crippen molar-refractivity contribution in [2.45, 2.75) is 31.3 Å². The number of fused-ring (bicyclic) bond motifs is 1. The molecule has 4 unspecified atom stereocenters. The Morgan fingerprint density at radius 1 is 1.35 bits per heavy atom. The summed E-state index contributed by atoms with van der Waals surface area (Å²) in [4.78, 5) is 12.5. The van der Waals surface area contributed by atoms with Gasteiger partial charge in [0, 0.05) is 41.0 Å². The fourth-order valence-electron chi connectivity index (χ4n) is 3.42. The van der Waals surface area contributed by atoms with Gasteiger partial charge < -0.3 is 10.6 Å². The summed E-state index contributed by atoms with van der Waals surface area (Å²) in [5, 5.41) is 7.65. The van der Waals surface area contributed by atoms with Gasteiger partial charge in [-0.15, -0.1) is 0 Å². The van der Waals surface area contributed by atoms with E-state index in [1.807, 2.05) is 25.1 Å². The first-order valence-corrected chi connectivity index (χ1v) is 8.77. The van der Waals surface area contributed by atoms with E-state index in [1.165, 1.54) is 0 Å². The number of carbonyl (C=O) groups excluding carboxylic acids is 1. The number of nitrogens with one attached hydrogen (secondary N) is 4. The lowest BCUT2D eigenvalue weighted by molar-refractivity contribution is -0.123. The van der Waals surface area contributed by atoms with Crippen LogP contribution in [0.5, 0.6) is 0 Å². The van der Waals surface area contributed by atoms with E-state index < -0.39 is 0 Å². The molecule has 2 saturated heterocycles. The van der Waals surface area contributed by atoms with Gasteiger partial charge >= 0.3 is 0 Å². The third kappa shape index (κ3) is 3.64. The van der Waals surface area contributed by atoms with Gasteiger partial charge in [0.05, 0.1) is 0 Å². The molecule has 0 aliphatic carbocycles. The highest BCUT2D eigenvalue weighted by Crippen LogP contribution is 2.31. The van der Waals surface area contributed by atoms with E-state index in [0.717, 1.165) is 25.1 Å². The van der Waals surface area contributed by atoms with Crippen LogP contribution < -0.4 is 21.5 Å². The lowest BCUT2D eigenvalue weighted by Crippen LogP contribution is -2.49. The molecule has 23 heavy (non-hydrogen) atoms. The Hall–Kier alpha value is -0.850. The number of hydrazine groups is 1. The van der Waals surface area contributed by atoms with Crippen LogP contribution in [0.2, 0.25) is 10.0 Å². The van der Waals surface area contributed by atoms with Crippen molar-refractivity contribution >= 4 is 29.1 Å². The molecule has 2 heterocycles. The lowest BCUT2D eigenvalue weighted by atomic mass is 9.89. The van der Waals surface area contributed by atoms with Crippen LogP contribution in [0.1, 0.15) is 24.8 Å². The summed E-state index contributed by atoms with van der Waals surface area (Å²) in [6.45, 7) is 4.37. The smallest absolute Gasteiger partial charge is 0.238 e. The summed E-state index contributed by atoms with van der Waals surface area (Å²) in [6, 6.07) is 5.62. The first kappa shape index (κ1) is 17.0. The zero-order chi connectivity index (χ0) is 16.4. The Labute approximate surface area is 146 Å². The summed E-state index contributed by atoms with van der Waals surface area (Å²) in [7, 11) is 0. The molecule has 5 nitrogen and oxygen atoms in total.